The summed E-state index contributed by atoms with van der Waals surface area (Å²) < 4.78 is 11.2. The predicted molar refractivity (Wildman–Crippen MR) is 65.8 cm³/mol. The van der Waals surface area contributed by atoms with E-state index in [-0.39, 0.29) is 12.1 Å². The molecule has 0 radical (unpaired) electrons. The van der Waals surface area contributed by atoms with Crippen LogP contribution in [0.5, 0.6) is 11.5 Å². The Bertz CT molecular complexity index is 529. The number of hydrogen-bond donors (Lipinski definition) is 2. The van der Waals surface area contributed by atoms with Crippen molar-refractivity contribution in [1.82, 2.24) is 10.6 Å². The molecule has 2 aliphatic rings. The molecule has 1 aromatic carbocycles. The van der Waals surface area contributed by atoms with Crippen LogP contribution in [0.1, 0.15) is 30.5 Å². The minimum atomic E-state index is -0.640. The molecule has 0 spiro atoms. The van der Waals surface area contributed by atoms with E-state index < -0.39 is 5.72 Å². The number of carbonyl (C=O) groups excluding carboxylic acids is 1. The average molecular weight is 248 g/mol. The number of amides is 2. The summed E-state index contributed by atoms with van der Waals surface area (Å²) in [5.74, 6) is 1.54. The summed E-state index contributed by atoms with van der Waals surface area (Å²) in [5, 5.41) is 5.75. The third-order valence-corrected chi connectivity index (χ3v) is 3.52. The second-order valence-electron chi connectivity index (χ2n) is 5.04. The van der Waals surface area contributed by atoms with Crippen molar-refractivity contribution in [2.75, 3.05) is 7.11 Å². The second-order valence-corrected chi connectivity index (χ2v) is 5.04. The maximum absolute atomic E-state index is 11.6. The summed E-state index contributed by atoms with van der Waals surface area (Å²) in [5.41, 5.74) is 1.47. The fourth-order valence-electron chi connectivity index (χ4n) is 2.79. The number of benzene rings is 1. The van der Waals surface area contributed by atoms with Gasteiger partial charge < -0.3 is 20.1 Å². The van der Waals surface area contributed by atoms with E-state index >= 15 is 0 Å². The average Bonchev–Trinajstić information content (AvgIpc) is 2.25. The molecule has 0 aromatic heterocycles. The van der Waals surface area contributed by atoms with Crippen molar-refractivity contribution in [3.8, 4) is 11.5 Å². The molecule has 1 saturated heterocycles. The summed E-state index contributed by atoms with van der Waals surface area (Å²) in [4.78, 5) is 11.6. The van der Waals surface area contributed by atoms with E-state index in [0.717, 1.165) is 29.0 Å². The van der Waals surface area contributed by atoms with Gasteiger partial charge >= 0.3 is 6.03 Å². The van der Waals surface area contributed by atoms with Gasteiger partial charge in [0.05, 0.1) is 13.2 Å². The molecule has 2 N–H and O–H groups in total. The molecule has 5 nitrogen and oxygen atoms in total. The van der Waals surface area contributed by atoms with Gasteiger partial charge in [0.15, 0.2) is 5.72 Å². The third-order valence-electron chi connectivity index (χ3n) is 3.52. The summed E-state index contributed by atoms with van der Waals surface area (Å²) in [6, 6.07) is 3.64. The van der Waals surface area contributed by atoms with Gasteiger partial charge in [-0.2, -0.15) is 0 Å². The fraction of sp³-hybridized carbons (Fsp3) is 0.462. The number of fused-ring (bicyclic) bond motifs is 4. The topological polar surface area (TPSA) is 59.6 Å². The van der Waals surface area contributed by atoms with E-state index in [1.807, 2.05) is 26.0 Å². The van der Waals surface area contributed by atoms with Crippen molar-refractivity contribution in [2.24, 2.45) is 0 Å². The van der Waals surface area contributed by atoms with Crippen LogP contribution >= 0.6 is 0 Å². The first-order valence-electron chi connectivity index (χ1n) is 5.97. The molecule has 0 aliphatic carbocycles. The molecule has 1 aromatic rings. The van der Waals surface area contributed by atoms with Crippen LogP contribution in [0.3, 0.4) is 0 Å². The molecule has 0 saturated carbocycles. The summed E-state index contributed by atoms with van der Waals surface area (Å²) in [7, 11) is 1.63. The zero-order valence-electron chi connectivity index (χ0n) is 10.7. The lowest BCUT2D eigenvalue weighted by molar-refractivity contribution is 0.0115. The van der Waals surface area contributed by atoms with Crippen LogP contribution < -0.4 is 20.1 Å². The Morgan fingerprint density at radius 2 is 2.28 bits per heavy atom. The van der Waals surface area contributed by atoms with E-state index in [2.05, 4.69) is 10.6 Å². The molecule has 2 aliphatic heterocycles. The van der Waals surface area contributed by atoms with Gasteiger partial charge in [-0.25, -0.2) is 4.79 Å². The monoisotopic (exact) mass is 248 g/mol. The molecular formula is C13H16N2O3. The smallest absolute Gasteiger partial charge is 0.318 e. The van der Waals surface area contributed by atoms with E-state index in [9.17, 15) is 4.79 Å². The summed E-state index contributed by atoms with van der Waals surface area (Å²) in [6.07, 6.45) is 0.721. The van der Waals surface area contributed by atoms with Gasteiger partial charge in [-0.3, -0.25) is 0 Å². The van der Waals surface area contributed by atoms with Gasteiger partial charge in [-0.1, -0.05) is 0 Å². The molecule has 3 rings (SSSR count). The first-order chi connectivity index (χ1) is 8.50. The van der Waals surface area contributed by atoms with Crippen molar-refractivity contribution in [1.29, 1.82) is 0 Å². The zero-order valence-corrected chi connectivity index (χ0v) is 10.7. The first kappa shape index (κ1) is 11.2. The predicted octanol–water partition coefficient (Wildman–Crippen LogP) is 1.86. The number of rotatable bonds is 1. The lowest BCUT2D eigenvalue weighted by Gasteiger charge is -2.45. The highest BCUT2D eigenvalue weighted by atomic mass is 16.5. The van der Waals surface area contributed by atoms with Crippen LogP contribution in [0.2, 0.25) is 0 Å². The van der Waals surface area contributed by atoms with Crippen LogP contribution in [0.15, 0.2) is 12.1 Å². The van der Waals surface area contributed by atoms with Crippen LogP contribution in [0, 0.1) is 6.92 Å². The van der Waals surface area contributed by atoms with Gasteiger partial charge in [-0.05, 0) is 25.5 Å². The number of ether oxygens (including phenoxy) is 2. The largest absolute Gasteiger partial charge is 0.497 e. The molecule has 96 valence electrons. The van der Waals surface area contributed by atoms with Gasteiger partial charge in [0.1, 0.15) is 11.5 Å². The Hall–Kier alpha value is -1.91. The molecule has 2 atom stereocenters. The van der Waals surface area contributed by atoms with Crippen LogP contribution in [0.25, 0.3) is 0 Å². The van der Waals surface area contributed by atoms with Crippen LogP contribution in [0.4, 0.5) is 4.79 Å². The second kappa shape index (κ2) is 3.54. The maximum Gasteiger partial charge on any atom is 0.318 e. The third kappa shape index (κ3) is 1.58. The highest BCUT2D eigenvalue weighted by Crippen LogP contribution is 2.43. The number of nitrogens with one attached hydrogen (secondary N) is 2. The molecule has 2 bridgehead atoms. The first-order valence-corrected chi connectivity index (χ1v) is 5.97. The quantitative estimate of drug-likeness (QED) is 0.797. The van der Waals surface area contributed by atoms with Gasteiger partial charge in [0.2, 0.25) is 0 Å². The Morgan fingerprint density at radius 3 is 3.00 bits per heavy atom. The number of methoxy groups -OCH3 is 1. The molecule has 1 fully saturated rings. The normalized spacial score (nSPS) is 28.6. The van der Waals surface area contributed by atoms with Gasteiger partial charge in [0.25, 0.3) is 0 Å². The van der Waals surface area contributed by atoms with Crippen LogP contribution in [-0.2, 0) is 0 Å². The van der Waals surface area contributed by atoms with Crippen molar-refractivity contribution in [3.63, 3.8) is 0 Å². The molecule has 2 amide bonds. The Balaban J connectivity index is 2.13. The molecule has 2 unspecified atom stereocenters. The van der Waals surface area contributed by atoms with E-state index in [0.29, 0.717) is 0 Å². The van der Waals surface area contributed by atoms with Crippen molar-refractivity contribution < 1.29 is 14.3 Å². The fourth-order valence-corrected chi connectivity index (χ4v) is 2.79. The highest BCUT2D eigenvalue weighted by Gasteiger charge is 2.44. The maximum atomic E-state index is 11.6. The SMILES string of the molecule is COc1cc(C)c2c(c1)OC1(C)CC2NC(=O)N1. The van der Waals surface area contributed by atoms with Crippen molar-refractivity contribution >= 4 is 6.03 Å². The molecule has 5 heteroatoms. The number of hydrogen-bond acceptors (Lipinski definition) is 3. The van der Waals surface area contributed by atoms with E-state index in [4.69, 9.17) is 9.47 Å². The Labute approximate surface area is 105 Å². The minimum Gasteiger partial charge on any atom is -0.497 e. The number of urea groups is 1. The summed E-state index contributed by atoms with van der Waals surface area (Å²) in [6.45, 7) is 3.89. The van der Waals surface area contributed by atoms with Crippen molar-refractivity contribution in [2.45, 2.75) is 32.0 Å². The van der Waals surface area contributed by atoms with E-state index in [1.165, 1.54) is 0 Å². The van der Waals surface area contributed by atoms with Gasteiger partial charge in [-0.15, -0.1) is 0 Å². The molecule has 2 heterocycles. The van der Waals surface area contributed by atoms with E-state index in [1.54, 1.807) is 7.11 Å². The van der Waals surface area contributed by atoms with Gasteiger partial charge in [0, 0.05) is 18.1 Å². The molecule has 18 heavy (non-hydrogen) atoms. The lowest BCUT2D eigenvalue weighted by atomic mass is 9.89. The lowest BCUT2D eigenvalue weighted by Crippen LogP contribution is -2.62. The number of aryl methyl sites for hydroxylation is 1. The minimum absolute atomic E-state index is 0.00148. The molecular weight excluding hydrogens is 232 g/mol. The highest BCUT2D eigenvalue weighted by molar-refractivity contribution is 5.77. The Morgan fingerprint density at radius 1 is 1.50 bits per heavy atom. The number of carbonyl (C=O) groups is 1. The zero-order chi connectivity index (χ0) is 12.9. The Kier molecular flexibility index (Phi) is 2.20. The van der Waals surface area contributed by atoms with Crippen LogP contribution in [-0.4, -0.2) is 18.9 Å². The summed E-state index contributed by atoms with van der Waals surface area (Å²) >= 11 is 0. The standard InChI is InChI=1S/C13H16N2O3/c1-7-4-8(17-3)5-10-11(7)9-6-13(2,18-10)15-12(16)14-9/h4-5,9H,6H2,1-3H3,(H2,14,15,16). The van der Waals surface area contributed by atoms with Crippen molar-refractivity contribution in [3.05, 3.63) is 23.3 Å².